The fourth-order valence-electron chi connectivity index (χ4n) is 2.95. The van der Waals surface area contributed by atoms with Crippen LogP contribution in [0.3, 0.4) is 0 Å². The highest BCUT2D eigenvalue weighted by molar-refractivity contribution is 5.89. The monoisotopic (exact) mass is 327 g/mol. The Morgan fingerprint density at radius 3 is 2.29 bits per heavy atom. The summed E-state index contributed by atoms with van der Waals surface area (Å²) in [5, 5.41) is 8.87. The van der Waals surface area contributed by atoms with Crippen LogP contribution in [0, 0.1) is 5.82 Å². The van der Waals surface area contributed by atoms with Gasteiger partial charge < -0.3 is 16.0 Å². The number of carbonyl (C=O) groups is 1. The fourth-order valence-corrected chi connectivity index (χ4v) is 2.95. The van der Waals surface area contributed by atoms with E-state index in [9.17, 15) is 9.18 Å². The van der Waals surface area contributed by atoms with Gasteiger partial charge in [-0.15, -0.1) is 0 Å². The summed E-state index contributed by atoms with van der Waals surface area (Å²) >= 11 is 0. The zero-order valence-corrected chi connectivity index (χ0v) is 13.5. The van der Waals surface area contributed by atoms with Crippen LogP contribution in [0.1, 0.15) is 32.1 Å². The molecule has 0 saturated heterocycles. The second-order valence-corrected chi connectivity index (χ2v) is 6.12. The van der Waals surface area contributed by atoms with Crippen LogP contribution >= 0.6 is 0 Å². The topological polar surface area (TPSA) is 53.2 Å². The molecule has 3 N–H and O–H groups in total. The van der Waals surface area contributed by atoms with Crippen molar-refractivity contribution >= 4 is 23.1 Å². The van der Waals surface area contributed by atoms with Gasteiger partial charge in [-0.2, -0.15) is 0 Å². The van der Waals surface area contributed by atoms with Crippen molar-refractivity contribution in [3.05, 3.63) is 54.3 Å². The minimum absolute atomic E-state index is 0.170. The molecule has 0 aromatic heterocycles. The van der Waals surface area contributed by atoms with E-state index in [1.165, 1.54) is 25.3 Å². The lowest BCUT2D eigenvalue weighted by atomic mass is 9.96. The molecular weight excluding hydrogens is 305 g/mol. The zero-order chi connectivity index (χ0) is 16.8. The normalized spacial score (nSPS) is 14.9. The van der Waals surface area contributed by atoms with Crippen molar-refractivity contribution < 1.29 is 9.18 Å². The molecule has 1 aliphatic carbocycles. The van der Waals surface area contributed by atoms with E-state index in [2.05, 4.69) is 16.0 Å². The van der Waals surface area contributed by atoms with Gasteiger partial charge in [0.05, 0.1) is 5.69 Å². The van der Waals surface area contributed by atoms with Crippen LogP contribution in [0.15, 0.2) is 48.5 Å². The fraction of sp³-hybridized carbons (Fsp3) is 0.316. The lowest BCUT2D eigenvalue weighted by molar-refractivity contribution is 0.244. The average Bonchev–Trinajstić information content (AvgIpc) is 2.59. The predicted octanol–water partition coefficient (Wildman–Crippen LogP) is 5.02. The first-order valence-electron chi connectivity index (χ1n) is 8.40. The number of carbonyl (C=O) groups excluding carboxylic acids is 1. The van der Waals surface area contributed by atoms with E-state index in [0.29, 0.717) is 11.4 Å². The van der Waals surface area contributed by atoms with Gasteiger partial charge in [0.15, 0.2) is 0 Å². The zero-order valence-electron chi connectivity index (χ0n) is 13.5. The van der Waals surface area contributed by atoms with E-state index in [0.717, 1.165) is 18.5 Å². The molecule has 0 radical (unpaired) electrons. The van der Waals surface area contributed by atoms with Crippen LogP contribution in [0.2, 0.25) is 0 Å². The molecule has 0 aliphatic heterocycles. The van der Waals surface area contributed by atoms with Crippen LogP contribution in [0.4, 0.5) is 26.2 Å². The predicted molar refractivity (Wildman–Crippen MR) is 95.2 cm³/mol. The Labute approximate surface area is 141 Å². The van der Waals surface area contributed by atoms with E-state index in [1.54, 1.807) is 30.3 Å². The van der Waals surface area contributed by atoms with Gasteiger partial charge in [-0.1, -0.05) is 31.4 Å². The second kappa shape index (κ2) is 7.81. The van der Waals surface area contributed by atoms with Crippen LogP contribution in [-0.4, -0.2) is 12.1 Å². The van der Waals surface area contributed by atoms with Crippen molar-refractivity contribution in [3.8, 4) is 0 Å². The molecule has 2 aromatic carbocycles. The molecule has 2 aromatic rings. The lowest BCUT2D eigenvalue weighted by Gasteiger charge is -2.22. The number of para-hydroxylation sites is 1. The summed E-state index contributed by atoms with van der Waals surface area (Å²) in [5.74, 6) is -0.299. The highest BCUT2D eigenvalue weighted by Crippen LogP contribution is 2.21. The van der Waals surface area contributed by atoms with Gasteiger partial charge in [-0.3, -0.25) is 0 Å². The summed E-state index contributed by atoms with van der Waals surface area (Å²) in [5.41, 5.74) is 1.90. The molecule has 0 unspecified atom stereocenters. The molecule has 2 amide bonds. The summed E-state index contributed by atoms with van der Waals surface area (Å²) in [7, 11) is 0. The van der Waals surface area contributed by atoms with Crippen molar-refractivity contribution in [3.63, 3.8) is 0 Å². The Morgan fingerprint density at radius 1 is 0.917 bits per heavy atom. The van der Waals surface area contributed by atoms with E-state index in [1.807, 2.05) is 12.1 Å². The van der Waals surface area contributed by atoms with Crippen molar-refractivity contribution in [2.45, 2.75) is 38.1 Å². The second-order valence-electron chi connectivity index (χ2n) is 6.12. The molecule has 4 nitrogen and oxygen atoms in total. The Morgan fingerprint density at radius 2 is 1.58 bits per heavy atom. The van der Waals surface area contributed by atoms with Crippen molar-refractivity contribution in [1.82, 2.24) is 5.32 Å². The van der Waals surface area contributed by atoms with Crippen LogP contribution < -0.4 is 16.0 Å². The van der Waals surface area contributed by atoms with Gasteiger partial charge in [0.2, 0.25) is 0 Å². The quantitative estimate of drug-likeness (QED) is 0.738. The Hall–Kier alpha value is -2.56. The summed E-state index contributed by atoms with van der Waals surface area (Å²) in [6.07, 6.45) is 5.73. The molecule has 126 valence electrons. The summed E-state index contributed by atoms with van der Waals surface area (Å²) in [6, 6.07) is 13.8. The van der Waals surface area contributed by atoms with Crippen LogP contribution in [-0.2, 0) is 0 Å². The standard InChI is InChI=1S/C19H22FN3O/c20-17-8-4-5-9-18(17)21-15-10-12-16(13-11-15)23-19(24)22-14-6-2-1-3-7-14/h4-5,8-14,21H,1-3,6-7H2,(H2,22,23,24). The molecule has 3 rings (SSSR count). The number of anilines is 3. The largest absolute Gasteiger partial charge is 0.353 e. The third kappa shape index (κ3) is 4.47. The average molecular weight is 327 g/mol. The van der Waals surface area contributed by atoms with Crippen molar-refractivity contribution in [2.24, 2.45) is 0 Å². The first-order chi connectivity index (χ1) is 11.7. The Kier molecular flexibility index (Phi) is 5.31. The number of nitrogens with one attached hydrogen (secondary N) is 3. The van der Waals surface area contributed by atoms with Crippen LogP contribution in [0.25, 0.3) is 0 Å². The molecule has 0 atom stereocenters. The lowest BCUT2D eigenvalue weighted by Crippen LogP contribution is -2.38. The molecule has 1 aliphatic rings. The van der Waals surface area contributed by atoms with E-state index in [4.69, 9.17) is 0 Å². The molecule has 1 saturated carbocycles. The summed E-state index contributed by atoms with van der Waals surface area (Å²) < 4.78 is 13.6. The summed E-state index contributed by atoms with van der Waals surface area (Å²) in [6.45, 7) is 0. The number of hydrogen-bond acceptors (Lipinski definition) is 2. The van der Waals surface area contributed by atoms with E-state index >= 15 is 0 Å². The first-order valence-corrected chi connectivity index (χ1v) is 8.40. The Balaban J connectivity index is 1.54. The number of urea groups is 1. The molecule has 0 spiro atoms. The van der Waals surface area contributed by atoms with E-state index in [-0.39, 0.29) is 17.9 Å². The maximum Gasteiger partial charge on any atom is 0.319 e. The van der Waals surface area contributed by atoms with Gasteiger partial charge >= 0.3 is 6.03 Å². The number of hydrogen-bond donors (Lipinski definition) is 3. The number of benzene rings is 2. The number of rotatable bonds is 4. The van der Waals surface area contributed by atoms with Crippen molar-refractivity contribution in [1.29, 1.82) is 0 Å². The van der Waals surface area contributed by atoms with Crippen LogP contribution in [0.5, 0.6) is 0 Å². The van der Waals surface area contributed by atoms with Crippen molar-refractivity contribution in [2.75, 3.05) is 10.6 Å². The van der Waals surface area contributed by atoms with Gasteiger partial charge in [0, 0.05) is 17.4 Å². The first kappa shape index (κ1) is 16.3. The van der Waals surface area contributed by atoms with E-state index < -0.39 is 0 Å². The van der Waals surface area contributed by atoms with Gasteiger partial charge in [-0.25, -0.2) is 9.18 Å². The maximum absolute atomic E-state index is 13.6. The van der Waals surface area contributed by atoms with Gasteiger partial charge in [0.25, 0.3) is 0 Å². The highest BCUT2D eigenvalue weighted by Gasteiger charge is 2.15. The number of halogens is 1. The maximum atomic E-state index is 13.6. The molecule has 1 fully saturated rings. The molecule has 24 heavy (non-hydrogen) atoms. The minimum atomic E-state index is -0.299. The SMILES string of the molecule is O=C(Nc1ccc(Nc2ccccc2F)cc1)NC1CCCCC1. The third-order valence-corrected chi connectivity index (χ3v) is 4.24. The van der Waals surface area contributed by atoms with Gasteiger partial charge in [0.1, 0.15) is 5.82 Å². The third-order valence-electron chi connectivity index (χ3n) is 4.24. The molecule has 0 heterocycles. The number of amides is 2. The Bertz CT molecular complexity index is 681. The molecular formula is C19H22FN3O. The molecule has 0 bridgehead atoms. The highest BCUT2D eigenvalue weighted by atomic mass is 19.1. The minimum Gasteiger partial charge on any atom is -0.353 e. The van der Waals surface area contributed by atoms with Gasteiger partial charge in [-0.05, 0) is 49.2 Å². The molecule has 5 heteroatoms. The smallest absolute Gasteiger partial charge is 0.319 e. The summed E-state index contributed by atoms with van der Waals surface area (Å²) in [4.78, 5) is 12.0.